The Morgan fingerprint density at radius 2 is 2.38 bits per heavy atom. The summed E-state index contributed by atoms with van der Waals surface area (Å²) in [6, 6.07) is 0.748. The van der Waals surface area contributed by atoms with Crippen LogP contribution in [0.2, 0.25) is 5.02 Å². The molecule has 70 valence electrons. The zero-order valence-electron chi connectivity index (χ0n) is 6.77. The van der Waals surface area contributed by atoms with E-state index in [2.05, 4.69) is 4.98 Å². The van der Waals surface area contributed by atoms with Gasteiger partial charge in [-0.1, -0.05) is 11.6 Å². The van der Waals surface area contributed by atoms with Crippen LogP contribution in [0.25, 0.3) is 0 Å². The molecule has 4 nitrogen and oxygen atoms in total. The molecule has 0 saturated carbocycles. The molecule has 1 aromatic heterocycles. The van der Waals surface area contributed by atoms with Gasteiger partial charge in [0.15, 0.2) is 0 Å². The molecule has 0 bridgehead atoms. The highest BCUT2D eigenvalue weighted by atomic mass is 35.5. The standard InChI is InChI=1S/C8H9ClN2O2/c9-6-1-5(3-11-4-6)2-7(10)8(12)13/h1,3-4,7H,2,10H2,(H,12,13)/t7-/m0/s1. The summed E-state index contributed by atoms with van der Waals surface area (Å²) in [5.74, 6) is -1.03. The van der Waals surface area contributed by atoms with Gasteiger partial charge in [0.25, 0.3) is 0 Å². The van der Waals surface area contributed by atoms with E-state index in [9.17, 15) is 4.79 Å². The SMILES string of the molecule is N[C@@H](Cc1cncc(Cl)c1)C(=O)O. The van der Waals surface area contributed by atoms with Crippen molar-refractivity contribution in [2.45, 2.75) is 12.5 Å². The maximum Gasteiger partial charge on any atom is 0.320 e. The maximum atomic E-state index is 10.4. The Bertz CT molecular complexity index is 317. The van der Waals surface area contributed by atoms with Crippen LogP contribution in [-0.4, -0.2) is 22.1 Å². The van der Waals surface area contributed by atoms with Crippen molar-refractivity contribution in [3.8, 4) is 0 Å². The number of hydrogen-bond acceptors (Lipinski definition) is 3. The van der Waals surface area contributed by atoms with Crippen LogP contribution in [0.3, 0.4) is 0 Å². The number of aromatic nitrogens is 1. The van der Waals surface area contributed by atoms with E-state index in [0.717, 1.165) is 5.56 Å². The summed E-state index contributed by atoms with van der Waals surface area (Å²) in [7, 11) is 0. The minimum Gasteiger partial charge on any atom is -0.480 e. The second-order valence-corrected chi connectivity index (χ2v) is 3.10. The molecule has 1 heterocycles. The average Bonchev–Trinajstić information content (AvgIpc) is 2.04. The Hall–Kier alpha value is -1.13. The molecular formula is C8H9ClN2O2. The molecule has 0 aliphatic heterocycles. The van der Waals surface area contributed by atoms with E-state index in [1.165, 1.54) is 6.20 Å². The van der Waals surface area contributed by atoms with Crippen LogP contribution in [0.5, 0.6) is 0 Å². The minimum atomic E-state index is -1.03. The number of aliphatic carboxylic acids is 1. The number of rotatable bonds is 3. The number of nitrogens with two attached hydrogens (primary N) is 1. The van der Waals surface area contributed by atoms with E-state index in [4.69, 9.17) is 22.4 Å². The first-order valence-corrected chi connectivity index (χ1v) is 4.05. The van der Waals surface area contributed by atoms with Crippen molar-refractivity contribution in [3.63, 3.8) is 0 Å². The molecule has 1 rings (SSSR count). The third-order valence-electron chi connectivity index (χ3n) is 1.53. The molecule has 13 heavy (non-hydrogen) atoms. The number of pyridine rings is 1. The summed E-state index contributed by atoms with van der Waals surface area (Å²) in [5, 5.41) is 9.02. The van der Waals surface area contributed by atoms with Crippen LogP contribution in [0.1, 0.15) is 5.56 Å². The van der Waals surface area contributed by atoms with Gasteiger partial charge in [0.2, 0.25) is 0 Å². The molecule has 0 aromatic carbocycles. The van der Waals surface area contributed by atoms with Crippen LogP contribution >= 0.6 is 11.6 Å². The van der Waals surface area contributed by atoms with Crippen LogP contribution in [0.4, 0.5) is 0 Å². The first kappa shape index (κ1) is 9.95. The van der Waals surface area contributed by atoms with Gasteiger partial charge in [-0.25, -0.2) is 0 Å². The van der Waals surface area contributed by atoms with Gasteiger partial charge in [-0.2, -0.15) is 0 Å². The zero-order chi connectivity index (χ0) is 9.84. The Balaban J connectivity index is 2.69. The van der Waals surface area contributed by atoms with Crippen LogP contribution in [0, 0.1) is 0 Å². The molecule has 0 aliphatic carbocycles. The van der Waals surface area contributed by atoms with Crippen molar-refractivity contribution >= 4 is 17.6 Å². The molecule has 3 N–H and O–H groups in total. The number of carboxylic acids is 1. The Morgan fingerprint density at radius 3 is 2.92 bits per heavy atom. The van der Waals surface area contributed by atoms with E-state index in [0.29, 0.717) is 5.02 Å². The summed E-state index contributed by atoms with van der Waals surface area (Å²) in [6.45, 7) is 0. The van der Waals surface area contributed by atoms with Crippen molar-refractivity contribution in [3.05, 3.63) is 29.0 Å². The van der Waals surface area contributed by atoms with Gasteiger partial charge in [0.1, 0.15) is 6.04 Å². The van der Waals surface area contributed by atoms with Gasteiger partial charge in [0.05, 0.1) is 5.02 Å². The van der Waals surface area contributed by atoms with Crippen molar-refractivity contribution in [1.29, 1.82) is 0 Å². The van der Waals surface area contributed by atoms with Crippen LogP contribution in [-0.2, 0) is 11.2 Å². The molecule has 0 radical (unpaired) electrons. The van der Waals surface area contributed by atoms with Gasteiger partial charge in [0, 0.05) is 12.4 Å². The third-order valence-corrected chi connectivity index (χ3v) is 1.74. The van der Waals surface area contributed by atoms with Crippen LogP contribution in [0.15, 0.2) is 18.5 Å². The Kier molecular flexibility index (Phi) is 3.22. The van der Waals surface area contributed by atoms with Gasteiger partial charge >= 0.3 is 5.97 Å². The highest BCUT2D eigenvalue weighted by Crippen LogP contribution is 2.09. The van der Waals surface area contributed by atoms with Gasteiger partial charge in [-0.15, -0.1) is 0 Å². The fourth-order valence-electron chi connectivity index (χ4n) is 0.909. The topological polar surface area (TPSA) is 76.2 Å². The number of nitrogens with zero attached hydrogens (tertiary/aromatic N) is 1. The highest BCUT2D eigenvalue weighted by Gasteiger charge is 2.11. The smallest absolute Gasteiger partial charge is 0.320 e. The van der Waals surface area contributed by atoms with Crippen LogP contribution < -0.4 is 5.73 Å². The first-order valence-electron chi connectivity index (χ1n) is 3.67. The van der Waals surface area contributed by atoms with E-state index in [1.54, 1.807) is 12.3 Å². The van der Waals surface area contributed by atoms with Crippen molar-refractivity contribution in [2.24, 2.45) is 5.73 Å². The molecule has 0 fully saturated rings. The van der Waals surface area contributed by atoms with E-state index < -0.39 is 12.0 Å². The number of hydrogen-bond donors (Lipinski definition) is 2. The lowest BCUT2D eigenvalue weighted by Crippen LogP contribution is -2.32. The highest BCUT2D eigenvalue weighted by molar-refractivity contribution is 6.30. The second kappa shape index (κ2) is 4.20. The molecule has 1 aromatic rings. The van der Waals surface area contributed by atoms with Gasteiger partial charge < -0.3 is 10.8 Å². The van der Waals surface area contributed by atoms with Crippen molar-refractivity contribution in [1.82, 2.24) is 4.98 Å². The summed E-state index contributed by atoms with van der Waals surface area (Å²) in [6.07, 6.45) is 3.27. The predicted molar refractivity (Wildman–Crippen MR) is 48.6 cm³/mol. The molecular weight excluding hydrogens is 192 g/mol. The third kappa shape index (κ3) is 3.01. The molecule has 0 aliphatic rings. The summed E-state index contributed by atoms with van der Waals surface area (Å²) < 4.78 is 0. The fraction of sp³-hybridized carbons (Fsp3) is 0.250. The largest absolute Gasteiger partial charge is 0.480 e. The Morgan fingerprint density at radius 1 is 1.69 bits per heavy atom. The summed E-state index contributed by atoms with van der Waals surface area (Å²) in [5.41, 5.74) is 6.05. The van der Waals surface area contributed by atoms with Crippen molar-refractivity contribution < 1.29 is 9.90 Å². The lowest BCUT2D eigenvalue weighted by molar-refractivity contribution is -0.138. The monoisotopic (exact) mass is 200 g/mol. The first-order chi connectivity index (χ1) is 6.09. The molecule has 0 saturated heterocycles. The fourth-order valence-corrected chi connectivity index (χ4v) is 1.11. The molecule has 5 heteroatoms. The van der Waals surface area contributed by atoms with Gasteiger partial charge in [-0.3, -0.25) is 9.78 Å². The molecule has 1 atom stereocenters. The number of carboxylic acid groups (broad SMARTS) is 1. The number of carbonyl (C=O) groups is 1. The lowest BCUT2D eigenvalue weighted by Gasteiger charge is -2.05. The van der Waals surface area contributed by atoms with E-state index in [-0.39, 0.29) is 6.42 Å². The molecule has 0 spiro atoms. The Labute approximate surface area is 80.3 Å². The molecule has 0 unspecified atom stereocenters. The predicted octanol–water partition coefficient (Wildman–Crippen LogP) is 0.689. The molecule has 0 amide bonds. The van der Waals surface area contributed by atoms with Crippen molar-refractivity contribution in [2.75, 3.05) is 0 Å². The summed E-state index contributed by atoms with van der Waals surface area (Å²) in [4.78, 5) is 14.2. The quantitative estimate of drug-likeness (QED) is 0.753. The summed E-state index contributed by atoms with van der Waals surface area (Å²) >= 11 is 5.66. The maximum absolute atomic E-state index is 10.4. The zero-order valence-corrected chi connectivity index (χ0v) is 7.53. The van der Waals surface area contributed by atoms with E-state index >= 15 is 0 Å². The normalized spacial score (nSPS) is 12.5. The van der Waals surface area contributed by atoms with Gasteiger partial charge in [-0.05, 0) is 18.1 Å². The average molecular weight is 201 g/mol. The second-order valence-electron chi connectivity index (χ2n) is 2.66. The lowest BCUT2D eigenvalue weighted by atomic mass is 10.1. The number of halogens is 1. The minimum absolute atomic E-state index is 0.239. The van der Waals surface area contributed by atoms with E-state index in [1.807, 2.05) is 0 Å².